The molecule has 0 radical (unpaired) electrons. The van der Waals surface area contributed by atoms with E-state index < -0.39 is 0 Å². The van der Waals surface area contributed by atoms with E-state index >= 15 is 0 Å². The number of anilines is 1. The zero-order valence-electron chi connectivity index (χ0n) is 14.6. The van der Waals surface area contributed by atoms with Crippen molar-refractivity contribution in [3.63, 3.8) is 0 Å². The molecule has 7 heteroatoms. The number of piperidine rings is 1. The maximum absolute atomic E-state index is 6.28. The molecule has 3 aromatic rings. The molecular formula is C18H23N5OS. The zero-order chi connectivity index (χ0) is 17.2. The van der Waals surface area contributed by atoms with Crippen LogP contribution < -0.4 is 9.64 Å². The van der Waals surface area contributed by atoms with E-state index in [1.54, 1.807) is 0 Å². The number of H-pyrrole nitrogens is 1. The number of nitrogens with one attached hydrogen (secondary N) is 1. The number of hydrogen-bond donors (Lipinski definition) is 1. The summed E-state index contributed by atoms with van der Waals surface area (Å²) in [6, 6.07) is 8.26. The Balaban J connectivity index is 1.33. The summed E-state index contributed by atoms with van der Waals surface area (Å²) in [5.41, 5.74) is 1.13. The smallest absolute Gasteiger partial charge is 0.204 e. The molecule has 0 saturated carbocycles. The van der Waals surface area contributed by atoms with E-state index in [9.17, 15) is 0 Å². The highest BCUT2D eigenvalue weighted by atomic mass is 32.1. The molecule has 1 aromatic carbocycles. The van der Waals surface area contributed by atoms with Crippen molar-refractivity contribution in [1.29, 1.82) is 0 Å². The minimum Gasteiger partial charge on any atom is -0.490 e. The number of benzene rings is 1. The third-order valence-electron chi connectivity index (χ3n) is 4.59. The van der Waals surface area contributed by atoms with Gasteiger partial charge in [0.1, 0.15) is 11.9 Å². The van der Waals surface area contributed by atoms with Gasteiger partial charge in [-0.05, 0) is 31.0 Å². The van der Waals surface area contributed by atoms with Crippen molar-refractivity contribution in [3.05, 3.63) is 36.3 Å². The number of hydrogen-bond acceptors (Lipinski definition) is 6. The quantitative estimate of drug-likeness (QED) is 0.760. The van der Waals surface area contributed by atoms with Gasteiger partial charge in [-0.25, -0.2) is 4.98 Å². The van der Waals surface area contributed by atoms with Crippen molar-refractivity contribution in [1.82, 2.24) is 19.2 Å². The summed E-state index contributed by atoms with van der Waals surface area (Å²) in [7, 11) is 4.00. The molecule has 1 fully saturated rings. The van der Waals surface area contributed by atoms with Crippen LogP contribution in [0.5, 0.6) is 5.75 Å². The second kappa shape index (κ2) is 7.01. The first-order valence-corrected chi connectivity index (χ1v) is 9.41. The summed E-state index contributed by atoms with van der Waals surface area (Å²) in [4.78, 5) is 12.2. The minimum atomic E-state index is 0.275. The molecule has 132 valence electrons. The lowest BCUT2D eigenvalue weighted by Gasteiger charge is -2.31. The highest BCUT2D eigenvalue weighted by Crippen LogP contribution is 2.27. The van der Waals surface area contributed by atoms with Gasteiger partial charge in [-0.3, -0.25) is 4.90 Å². The van der Waals surface area contributed by atoms with Crippen LogP contribution in [0.3, 0.4) is 0 Å². The predicted octanol–water partition coefficient (Wildman–Crippen LogP) is 3.13. The number of fused-ring (bicyclic) bond motifs is 1. The fourth-order valence-electron chi connectivity index (χ4n) is 3.21. The Morgan fingerprint density at radius 2 is 2.12 bits per heavy atom. The standard InChI is InChI=1S/C18H23N5OS/c1-22(2)18-20-17(21-25-18)12-23-10-7-13(8-11-23)24-16-5-3-4-15-14(16)6-9-19-15/h3-6,9,13,19H,7-8,10-12H2,1-2H3. The van der Waals surface area contributed by atoms with E-state index in [0.717, 1.165) is 60.1 Å². The van der Waals surface area contributed by atoms with E-state index in [1.165, 1.54) is 11.5 Å². The molecule has 6 nitrogen and oxygen atoms in total. The maximum Gasteiger partial charge on any atom is 0.204 e. The fourth-order valence-corrected chi connectivity index (χ4v) is 3.81. The van der Waals surface area contributed by atoms with Gasteiger partial charge in [0, 0.05) is 55.8 Å². The SMILES string of the molecule is CN(C)c1nc(CN2CCC(Oc3cccc4[nH]ccc34)CC2)ns1. The maximum atomic E-state index is 6.28. The van der Waals surface area contributed by atoms with Crippen LogP contribution >= 0.6 is 11.5 Å². The summed E-state index contributed by atoms with van der Waals surface area (Å²) >= 11 is 1.46. The van der Waals surface area contributed by atoms with Crippen molar-refractivity contribution >= 4 is 27.6 Å². The normalized spacial score (nSPS) is 16.4. The molecular weight excluding hydrogens is 334 g/mol. The van der Waals surface area contributed by atoms with Crippen LogP contribution in [0.1, 0.15) is 18.7 Å². The van der Waals surface area contributed by atoms with Crippen LogP contribution in [0.2, 0.25) is 0 Å². The molecule has 1 aliphatic heterocycles. The molecule has 1 saturated heterocycles. The van der Waals surface area contributed by atoms with E-state index in [-0.39, 0.29) is 6.10 Å². The lowest BCUT2D eigenvalue weighted by Crippen LogP contribution is -2.38. The monoisotopic (exact) mass is 357 g/mol. The lowest BCUT2D eigenvalue weighted by atomic mass is 10.1. The van der Waals surface area contributed by atoms with E-state index in [0.29, 0.717) is 0 Å². The molecule has 0 unspecified atom stereocenters. The molecule has 0 amide bonds. The Morgan fingerprint density at radius 3 is 2.88 bits per heavy atom. The van der Waals surface area contributed by atoms with Crippen molar-refractivity contribution in [2.45, 2.75) is 25.5 Å². The third kappa shape index (κ3) is 3.62. The van der Waals surface area contributed by atoms with Crippen LogP contribution in [0, 0.1) is 0 Å². The van der Waals surface area contributed by atoms with Crippen LogP contribution in [0.15, 0.2) is 30.5 Å². The molecule has 2 aromatic heterocycles. The Kier molecular flexibility index (Phi) is 4.59. The van der Waals surface area contributed by atoms with E-state index in [2.05, 4.69) is 37.4 Å². The van der Waals surface area contributed by atoms with Gasteiger partial charge in [-0.15, -0.1) is 0 Å². The van der Waals surface area contributed by atoms with Crippen LogP contribution in [0.25, 0.3) is 10.9 Å². The summed E-state index contributed by atoms with van der Waals surface area (Å²) in [5.74, 6) is 1.90. The molecule has 0 atom stereocenters. The second-order valence-electron chi connectivity index (χ2n) is 6.68. The molecule has 3 heterocycles. The number of aromatic amines is 1. The van der Waals surface area contributed by atoms with Gasteiger partial charge < -0.3 is 14.6 Å². The van der Waals surface area contributed by atoms with Gasteiger partial charge in [0.15, 0.2) is 5.82 Å². The van der Waals surface area contributed by atoms with Gasteiger partial charge >= 0.3 is 0 Å². The average Bonchev–Trinajstić information content (AvgIpc) is 3.26. The van der Waals surface area contributed by atoms with Gasteiger partial charge in [0.2, 0.25) is 5.13 Å². The van der Waals surface area contributed by atoms with Crippen LogP contribution in [-0.4, -0.2) is 52.5 Å². The second-order valence-corrected chi connectivity index (χ2v) is 7.41. The summed E-state index contributed by atoms with van der Waals surface area (Å²) in [6.45, 7) is 2.86. The number of nitrogens with zero attached hydrogens (tertiary/aromatic N) is 4. The van der Waals surface area contributed by atoms with Crippen molar-refractivity contribution in [2.75, 3.05) is 32.1 Å². The average molecular weight is 357 g/mol. The Morgan fingerprint density at radius 1 is 1.28 bits per heavy atom. The Hall–Kier alpha value is -2.12. The van der Waals surface area contributed by atoms with Gasteiger partial charge in [-0.1, -0.05) is 6.07 Å². The molecule has 1 aliphatic rings. The third-order valence-corrected chi connectivity index (χ3v) is 5.51. The minimum absolute atomic E-state index is 0.275. The molecule has 1 N–H and O–H groups in total. The molecule has 25 heavy (non-hydrogen) atoms. The molecule has 0 bridgehead atoms. The first-order chi connectivity index (χ1) is 12.2. The topological polar surface area (TPSA) is 57.3 Å². The largest absolute Gasteiger partial charge is 0.490 e. The molecule has 0 aliphatic carbocycles. The highest BCUT2D eigenvalue weighted by Gasteiger charge is 2.22. The Bertz CT molecular complexity index is 835. The summed E-state index contributed by atoms with van der Waals surface area (Å²) in [6.07, 6.45) is 4.30. The number of aromatic nitrogens is 3. The van der Waals surface area contributed by atoms with Crippen LogP contribution in [0.4, 0.5) is 5.13 Å². The summed E-state index contributed by atoms with van der Waals surface area (Å²) < 4.78 is 10.7. The molecule has 4 rings (SSSR count). The Labute approximate surface area is 151 Å². The zero-order valence-corrected chi connectivity index (χ0v) is 15.4. The van der Waals surface area contributed by atoms with Crippen molar-refractivity contribution in [2.24, 2.45) is 0 Å². The van der Waals surface area contributed by atoms with Gasteiger partial charge in [0.05, 0.1) is 6.54 Å². The van der Waals surface area contributed by atoms with Crippen molar-refractivity contribution < 1.29 is 4.74 Å². The van der Waals surface area contributed by atoms with E-state index in [4.69, 9.17) is 4.74 Å². The summed E-state index contributed by atoms with van der Waals surface area (Å²) in [5, 5.41) is 2.13. The fraction of sp³-hybridized carbons (Fsp3) is 0.444. The van der Waals surface area contributed by atoms with E-state index in [1.807, 2.05) is 31.3 Å². The van der Waals surface area contributed by atoms with Crippen molar-refractivity contribution in [3.8, 4) is 5.75 Å². The lowest BCUT2D eigenvalue weighted by molar-refractivity contribution is 0.0967. The number of rotatable bonds is 5. The highest BCUT2D eigenvalue weighted by molar-refractivity contribution is 7.09. The van der Waals surface area contributed by atoms with Crippen LogP contribution in [-0.2, 0) is 6.54 Å². The predicted molar refractivity (Wildman–Crippen MR) is 101 cm³/mol. The first-order valence-electron chi connectivity index (χ1n) is 8.64. The number of likely N-dealkylation sites (tertiary alicyclic amines) is 1. The molecule has 0 spiro atoms. The van der Waals surface area contributed by atoms with Gasteiger partial charge in [0.25, 0.3) is 0 Å². The number of ether oxygens (including phenoxy) is 1. The van der Waals surface area contributed by atoms with Gasteiger partial charge in [-0.2, -0.15) is 4.37 Å². The first kappa shape index (κ1) is 16.4.